The van der Waals surface area contributed by atoms with Crippen molar-refractivity contribution in [1.29, 1.82) is 0 Å². The molecule has 2 aromatic carbocycles. The predicted molar refractivity (Wildman–Crippen MR) is 101 cm³/mol. The summed E-state index contributed by atoms with van der Waals surface area (Å²) in [4.78, 5) is 14.7. The molecule has 0 bridgehead atoms. The van der Waals surface area contributed by atoms with Crippen molar-refractivity contribution in [3.8, 4) is 11.1 Å². The Kier molecular flexibility index (Phi) is 4.81. The van der Waals surface area contributed by atoms with Crippen LogP contribution in [0.5, 0.6) is 0 Å². The maximum Gasteiger partial charge on any atom is 0.414 e. The molecule has 138 valence electrons. The van der Waals surface area contributed by atoms with E-state index in [0.717, 1.165) is 10.5 Å². The number of thioether (sulfide) groups is 1. The largest absolute Gasteiger partial charge is 0.442 e. The number of cyclic esters (lactones) is 1. The summed E-state index contributed by atoms with van der Waals surface area (Å²) in [6.45, 7) is 0.741. The molecule has 1 atom stereocenters. The summed E-state index contributed by atoms with van der Waals surface area (Å²) in [7, 11) is 0. The van der Waals surface area contributed by atoms with Crippen LogP contribution >= 0.6 is 11.8 Å². The number of hydrogen-bond acceptors (Lipinski definition) is 5. The van der Waals surface area contributed by atoms with Crippen molar-refractivity contribution < 1.29 is 13.9 Å². The van der Waals surface area contributed by atoms with Gasteiger partial charge in [0.05, 0.1) is 25.0 Å². The lowest BCUT2D eigenvalue weighted by Crippen LogP contribution is -2.26. The van der Waals surface area contributed by atoms with Crippen LogP contribution in [-0.2, 0) is 11.3 Å². The Morgan fingerprint density at radius 2 is 2.07 bits per heavy atom. The average molecular weight is 384 g/mol. The molecule has 1 fully saturated rings. The SMILES string of the molecule is CSc1ccc(-c2ccc(N3CC(Cn4ccnn4)OC3=O)cc2F)cc1. The molecular weight excluding hydrogens is 367 g/mol. The summed E-state index contributed by atoms with van der Waals surface area (Å²) >= 11 is 1.64. The van der Waals surface area contributed by atoms with Crippen molar-refractivity contribution in [2.45, 2.75) is 17.5 Å². The van der Waals surface area contributed by atoms with Gasteiger partial charge in [0, 0.05) is 16.7 Å². The van der Waals surface area contributed by atoms with Crippen molar-refractivity contribution in [3.63, 3.8) is 0 Å². The first-order chi connectivity index (χ1) is 13.1. The standard InChI is InChI=1S/C19H17FN4O2S/c1-27-16-5-2-13(3-6-16)17-7-4-14(10-18(17)20)24-12-15(26-19(24)25)11-23-9-8-21-22-23/h2-10,15H,11-12H2,1H3. The average Bonchev–Trinajstić information content (AvgIpc) is 3.31. The van der Waals surface area contributed by atoms with Gasteiger partial charge in [-0.15, -0.1) is 16.9 Å². The molecule has 0 radical (unpaired) electrons. The Morgan fingerprint density at radius 1 is 1.26 bits per heavy atom. The van der Waals surface area contributed by atoms with Gasteiger partial charge in [-0.05, 0) is 42.2 Å². The van der Waals surface area contributed by atoms with E-state index >= 15 is 0 Å². The van der Waals surface area contributed by atoms with Gasteiger partial charge in [-0.3, -0.25) is 4.90 Å². The molecule has 6 nitrogen and oxygen atoms in total. The molecule has 1 unspecified atom stereocenters. The number of carbonyl (C=O) groups excluding carboxylic acids is 1. The number of anilines is 1. The maximum atomic E-state index is 14.7. The fourth-order valence-electron chi connectivity index (χ4n) is 3.04. The lowest BCUT2D eigenvalue weighted by Gasteiger charge is -2.14. The molecule has 3 aromatic rings. The van der Waals surface area contributed by atoms with Crippen LogP contribution in [0.4, 0.5) is 14.9 Å². The molecule has 0 aliphatic carbocycles. The van der Waals surface area contributed by atoms with E-state index in [4.69, 9.17) is 4.74 Å². The van der Waals surface area contributed by atoms with E-state index in [9.17, 15) is 9.18 Å². The Morgan fingerprint density at radius 3 is 2.74 bits per heavy atom. The minimum atomic E-state index is -0.489. The highest BCUT2D eigenvalue weighted by Gasteiger charge is 2.33. The normalized spacial score (nSPS) is 16.6. The monoisotopic (exact) mass is 384 g/mol. The number of ether oxygens (including phenoxy) is 1. The van der Waals surface area contributed by atoms with E-state index in [1.165, 1.54) is 11.0 Å². The topological polar surface area (TPSA) is 60.3 Å². The molecule has 0 N–H and O–H groups in total. The van der Waals surface area contributed by atoms with Crippen molar-refractivity contribution >= 4 is 23.5 Å². The molecule has 0 spiro atoms. The summed E-state index contributed by atoms with van der Waals surface area (Å²) in [5, 5.41) is 7.60. The van der Waals surface area contributed by atoms with Gasteiger partial charge in [0.1, 0.15) is 11.9 Å². The van der Waals surface area contributed by atoms with Crippen molar-refractivity contribution in [2.75, 3.05) is 17.7 Å². The molecule has 4 rings (SSSR count). The van der Waals surface area contributed by atoms with Crippen molar-refractivity contribution in [2.24, 2.45) is 0 Å². The molecule has 1 aliphatic heterocycles. The third kappa shape index (κ3) is 3.66. The number of rotatable bonds is 5. The van der Waals surface area contributed by atoms with Crippen LogP contribution in [-0.4, -0.2) is 40.0 Å². The van der Waals surface area contributed by atoms with Gasteiger partial charge in [-0.1, -0.05) is 17.3 Å². The second kappa shape index (κ2) is 7.40. The number of halogens is 1. The van der Waals surface area contributed by atoms with Crippen LogP contribution in [0.15, 0.2) is 59.8 Å². The summed E-state index contributed by atoms with van der Waals surface area (Å²) in [6, 6.07) is 12.5. The molecule has 0 saturated carbocycles. The number of nitrogens with zero attached hydrogens (tertiary/aromatic N) is 4. The summed E-state index contributed by atoms with van der Waals surface area (Å²) in [6.07, 6.45) is 4.41. The number of carbonyl (C=O) groups is 1. The molecule has 1 aromatic heterocycles. The van der Waals surface area contributed by atoms with Crippen LogP contribution in [0.2, 0.25) is 0 Å². The van der Waals surface area contributed by atoms with Crippen LogP contribution in [0.3, 0.4) is 0 Å². The first-order valence-electron chi connectivity index (χ1n) is 8.40. The Hall–Kier alpha value is -2.87. The van der Waals surface area contributed by atoms with Crippen LogP contribution in [0, 0.1) is 5.82 Å². The highest BCUT2D eigenvalue weighted by atomic mass is 32.2. The van der Waals surface area contributed by atoms with Gasteiger partial charge in [-0.2, -0.15) is 0 Å². The highest BCUT2D eigenvalue weighted by molar-refractivity contribution is 7.98. The van der Waals surface area contributed by atoms with Crippen LogP contribution < -0.4 is 4.90 Å². The molecule has 27 heavy (non-hydrogen) atoms. The number of benzene rings is 2. The fraction of sp³-hybridized carbons (Fsp3) is 0.211. The second-order valence-corrected chi connectivity index (χ2v) is 7.01. The fourth-order valence-corrected chi connectivity index (χ4v) is 3.45. The van der Waals surface area contributed by atoms with Crippen molar-refractivity contribution in [1.82, 2.24) is 15.0 Å². The molecule has 1 aliphatic rings. The molecular formula is C19H17FN4O2S. The van der Waals surface area contributed by atoms with Crippen LogP contribution in [0.25, 0.3) is 11.1 Å². The summed E-state index contributed by atoms with van der Waals surface area (Å²) in [5.41, 5.74) is 1.77. The number of hydrogen-bond donors (Lipinski definition) is 0. The summed E-state index contributed by atoms with van der Waals surface area (Å²) in [5.74, 6) is -0.378. The molecule has 2 heterocycles. The van der Waals surface area contributed by atoms with E-state index in [0.29, 0.717) is 24.3 Å². The van der Waals surface area contributed by atoms with Gasteiger partial charge in [0.15, 0.2) is 0 Å². The van der Waals surface area contributed by atoms with Crippen LogP contribution in [0.1, 0.15) is 0 Å². The zero-order chi connectivity index (χ0) is 18.8. The maximum absolute atomic E-state index is 14.7. The highest BCUT2D eigenvalue weighted by Crippen LogP contribution is 2.30. The Labute approximate surface area is 159 Å². The number of aromatic nitrogens is 3. The zero-order valence-corrected chi connectivity index (χ0v) is 15.4. The van der Waals surface area contributed by atoms with Gasteiger partial charge in [0.25, 0.3) is 0 Å². The van der Waals surface area contributed by atoms with E-state index < -0.39 is 6.09 Å². The van der Waals surface area contributed by atoms with E-state index in [-0.39, 0.29) is 11.9 Å². The Balaban J connectivity index is 1.52. The van der Waals surface area contributed by atoms with E-state index in [2.05, 4.69) is 10.3 Å². The van der Waals surface area contributed by atoms with Crippen molar-refractivity contribution in [3.05, 3.63) is 60.7 Å². The smallest absolute Gasteiger partial charge is 0.414 e. The van der Waals surface area contributed by atoms with Gasteiger partial charge in [0.2, 0.25) is 0 Å². The van der Waals surface area contributed by atoms with Gasteiger partial charge >= 0.3 is 6.09 Å². The number of amides is 1. The third-order valence-corrected chi connectivity index (χ3v) is 5.15. The molecule has 1 amide bonds. The van der Waals surface area contributed by atoms with Gasteiger partial charge in [-0.25, -0.2) is 13.9 Å². The third-order valence-electron chi connectivity index (χ3n) is 4.40. The van der Waals surface area contributed by atoms with Gasteiger partial charge < -0.3 is 4.74 Å². The first kappa shape index (κ1) is 17.5. The lowest BCUT2D eigenvalue weighted by molar-refractivity contribution is 0.129. The molecule has 8 heteroatoms. The quantitative estimate of drug-likeness (QED) is 0.626. The minimum Gasteiger partial charge on any atom is -0.442 e. The predicted octanol–water partition coefficient (Wildman–Crippen LogP) is 3.83. The molecule has 1 saturated heterocycles. The van der Waals surface area contributed by atoms with E-state index in [1.54, 1.807) is 41.0 Å². The summed E-state index contributed by atoms with van der Waals surface area (Å²) < 4.78 is 21.7. The first-order valence-corrected chi connectivity index (χ1v) is 9.63. The second-order valence-electron chi connectivity index (χ2n) is 6.13. The lowest BCUT2D eigenvalue weighted by atomic mass is 10.0. The zero-order valence-electron chi connectivity index (χ0n) is 14.6. The Bertz CT molecular complexity index is 947. The minimum absolute atomic E-state index is 0.333. The van der Waals surface area contributed by atoms with E-state index in [1.807, 2.05) is 30.5 Å².